The number of carboxylic acids is 1. The van der Waals surface area contributed by atoms with E-state index in [-0.39, 0.29) is 5.03 Å². The van der Waals surface area contributed by atoms with Crippen LogP contribution in [-0.2, 0) is 4.79 Å². The second kappa shape index (κ2) is 2.14. The average Bonchev–Trinajstić information content (AvgIpc) is 2.13. The molecule has 0 unspecified atom stereocenters. The maximum absolute atomic E-state index is 10.1. The molecule has 1 heterocycles. The minimum atomic E-state index is -1.07. The van der Waals surface area contributed by atoms with Crippen LogP contribution in [0.25, 0.3) is 0 Å². The zero-order valence-electron chi connectivity index (χ0n) is 4.28. The van der Waals surface area contributed by atoms with Gasteiger partial charge in [0.1, 0.15) is 0 Å². The minimum absolute atomic E-state index is 0.155. The van der Waals surface area contributed by atoms with Crippen LogP contribution in [-0.4, -0.2) is 17.1 Å². The first-order chi connectivity index (χ1) is 4.22. The van der Waals surface area contributed by atoms with Gasteiger partial charge in [-0.15, -0.1) is 0 Å². The number of rotatable bonds is 1. The first-order valence-electron chi connectivity index (χ1n) is 2.20. The monoisotopic (exact) mass is 146 g/mol. The maximum atomic E-state index is 10.1. The molecule has 48 valence electrons. The molecule has 0 spiro atoms. The third kappa shape index (κ3) is 1.08. The molecule has 0 aromatic rings. The van der Waals surface area contributed by atoms with Gasteiger partial charge in [-0.1, -0.05) is 11.6 Å². The normalized spacial score (nSPS) is 24.1. The van der Waals surface area contributed by atoms with Crippen molar-refractivity contribution < 1.29 is 9.90 Å². The summed E-state index contributed by atoms with van der Waals surface area (Å²) in [6.07, 6.45) is 1.22. The number of azo groups is 1. The molecule has 0 aromatic heterocycles. The summed E-state index contributed by atoms with van der Waals surface area (Å²) in [7, 11) is 0. The Morgan fingerprint density at radius 2 is 2.56 bits per heavy atom. The SMILES string of the molecule is O=C(O)[C@@H]1N=NC=C1Cl. The van der Waals surface area contributed by atoms with E-state index in [4.69, 9.17) is 16.7 Å². The van der Waals surface area contributed by atoms with E-state index in [0.29, 0.717) is 0 Å². The highest BCUT2D eigenvalue weighted by atomic mass is 35.5. The van der Waals surface area contributed by atoms with Crippen LogP contribution in [0.5, 0.6) is 0 Å². The fourth-order valence-electron chi connectivity index (χ4n) is 0.448. The minimum Gasteiger partial charge on any atom is -0.479 e. The smallest absolute Gasteiger partial charge is 0.336 e. The van der Waals surface area contributed by atoms with Crippen LogP contribution in [0.3, 0.4) is 0 Å². The molecule has 1 N–H and O–H groups in total. The van der Waals surface area contributed by atoms with Crippen LogP contribution in [0.2, 0.25) is 0 Å². The number of carbonyl (C=O) groups is 1. The Bertz CT molecular complexity index is 199. The van der Waals surface area contributed by atoms with Crippen LogP contribution >= 0.6 is 11.6 Å². The molecule has 0 saturated carbocycles. The molecular formula is C4H3ClN2O2. The van der Waals surface area contributed by atoms with Gasteiger partial charge >= 0.3 is 5.97 Å². The lowest BCUT2D eigenvalue weighted by molar-refractivity contribution is -0.137. The van der Waals surface area contributed by atoms with Gasteiger partial charge in [-0.25, -0.2) is 4.79 Å². The summed E-state index contributed by atoms with van der Waals surface area (Å²) in [5, 5.41) is 15.1. The van der Waals surface area contributed by atoms with Crippen LogP contribution in [0.4, 0.5) is 0 Å². The molecule has 9 heavy (non-hydrogen) atoms. The third-order valence-corrected chi connectivity index (χ3v) is 1.16. The van der Waals surface area contributed by atoms with Gasteiger partial charge in [0.25, 0.3) is 0 Å². The van der Waals surface area contributed by atoms with E-state index >= 15 is 0 Å². The topological polar surface area (TPSA) is 62.0 Å². The van der Waals surface area contributed by atoms with Gasteiger partial charge in [0.2, 0.25) is 6.04 Å². The highest BCUT2D eigenvalue weighted by molar-refractivity contribution is 6.32. The Kier molecular flexibility index (Phi) is 1.48. The summed E-state index contributed by atoms with van der Waals surface area (Å²) in [6, 6.07) is -0.966. The fourth-order valence-corrected chi connectivity index (χ4v) is 0.629. The average molecular weight is 147 g/mol. The summed E-state index contributed by atoms with van der Waals surface area (Å²) in [5.41, 5.74) is 0. The van der Waals surface area contributed by atoms with Gasteiger partial charge in [-0.2, -0.15) is 10.2 Å². The lowest BCUT2D eigenvalue weighted by Gasteiger charge is -1.95. The highest BCUT2D eigenvalue weighted by Crippen LogP contribution is 2.17. The zero-order chi connectivity index (χ0) is 6.85. The highest BCUT2D eigenvalue weighted by Gasteiger charge is 2.23. The van der Waals surface area contributed by atoms with Gasteiger partial charge < -0.3 is 5.11 Å². The molecule has 1 aliphatic rings. The van der Waals surface area contributed by atoms with Crippen molar-refractivity contribution in [3.05, 3.63) is 11.2 Å². The standard InChI is InChI=1S/C4H3ClN2O2/c5-2-1-6-7-3(2)4(8)9/h1,3H,(H,8,9)/t3-/m1/s1. The summed E-state index contributed by atoms with van der Waals surface area (Å²) < 4.78 is 0. The molecule has 4 nitrogen and oxygen atoms in total. The van der Waals surface area contributed by atoms with Crippen LogP contribution in [0, 0.1) is 0 Å². The predicted octanol–water partition coefficient (Wildman–Crippen LogP) is 0.986. The van der Waals surface area contributed by atoms with Crippen molar-refractivity contribution in [1.29, 1.82) is 0 Å². The molecule has 0 radical (unpaired) electrons. The van der Waals surface area contributed by atoms with E-state index in [1.165, 1.54) is 6.20 Å². The van der Waals surface area contributed by atoms with E-state index in [1.54, 1.807) is 0 Å². The van der Waals surface area contributed by atoms with Gasteiger partial charge in [0.15, 0.2) is 0 Å². The Morgan fingerprint density at radius 1 is 1.89 bits per heavy atom. The number of hydrogen-bond acceptors (Lipinski definition) is 3. The van der Waals surface area contributed by atoms with Crippen LogP contribution < -0.4 is 0 Å². The number of aliphatic carboxylic acids is 1. The molecule has 1 atom stereocenters. The molecular weight excluding hydrogens is 144 g/mol. The quantitative estimate of drug-likeness (QED) is 0.600. The van der Waals surface area contributed by atoms with Crippen molar-refractivity contribution in [1.82, 2.24) is 0 Å². The Balaban J connectivity index is 2.74. The Hall–Kier alpha value is -0.900. The summed E-state index contributed by atoms with van der Waals surface area (Å²) in [4.78, 5) is 10.1. The number of hydrogen-bond donors (Lipinski definition) is 1. The number of halogens is 1. The van der Waals surface area contributed by atoms with Crippen molar-refractivity contribution >= 4 is 17.6 Å². The van der Waals surface area contributed by atoms with Crippen LogP contribution in [0.1, 0.15) is 0 Å². The third-order valence-electron chi connectivity index (χ3n) is 0.858. The van der Waals surface area contributed by atoms with Gasteiger partial charge in [0, 0.05) is 0 Å². The molecule has 0 aromatic carbocycles. The number of nitrogens with zero attached hydrogens (tertiary/aromatic N) is 2. The molecule has 0 fully saturated rings. The first-order valence-corrected chi connectivity index (χ1v) is 2.58. The van der Waals surface area contributed by atoms with E-state index < -0.39 is 12.0 Å². The van der Waals surface area contributed by atoms with E-state index in [9.17, 15) is 4.79 Å². The lowest BCUT2D eigenvalue weighted by atomic mass is 10.3. The number of carboxylic acid groups (broad SMARTS) is 1. The molecule has 0 aliphatic carbocycles. The van der Waals surface area contributed by atoms with Gasteiger partial charge in [0.05, 0.1) is 11.2 Å². The summed E-state index contributed by atoms with van der Waals surface area (Å²) in [5.74, 6) is -1.07. The maximum Gasteiger partial charge on any atom is 0.336 e. The predicted molar refractivity (Wildman–Crippen MR) is 30.2 cm³/mol. The van der Waals surface area contributed by atoms with Crippen molar-refractivity contribution in [2.24, 2.45) is 10.2 Å². The van der Waals surface area contributed by atoms with Crippen molar-refractivity contribution in [3.8, 4) is 0 Å². The van der Waals surface area contributed by atoms with E-state index in [2.05, 4.69) is 10.2 Å². The molecule has 5 heteroatoms. The Labute approximate surface area is 55.8 Å². The van der Waals surface area contributed by atoms with Gasteiger partial charge in [-0.05, 0) is 0 Å². The Morgan fingerprint density at radius 3 is 2.78 bits per heavy atom. The lowest BCUT2D eigenvalue weighted by Crippen LogP contribution is -2.15. The first kappa shape index (κ1) is 6.22. The van der Waals surface area contributed by atoms with Crippen molar-refractivity contribution in [3.63, 3.8) is 0 Å². The van der Waals surface area contributed by atoms with Crippen molar-refractivity contribution in [2.75, 3.05) is 0 Å². The fraction of sp³-hybridized carbons (Fsp3) is 0.250. The van der Waals surface area contributed by atoms with Crippen LogP contribution in [0.15, 0.2) is 21.5 Å². The van der Waals surface area contributed by atoms with Crippen molar-refractivity contribution in [2.45, 2.75) is 6.04 Å². The van der Waals surface area contributed by atoms with Gasteiger partial charge in [-0.3, -0.25) is 0 Å². The summed E-state index contributed by atoms with van der Waals surface area (Å²) in [6.45, 7) is 0. The zero-order valence-corrected chi connectivity index (χ0v) is 5.04. The van der Waals surface area contributed by atoms with E-state index in [0.717, 1.165) is 0 Å². The molecule has 1 aliphatic heterocycles. The summed E-state index contributed by atoms with van der Waals surface area (Å²) >= 11 is 5.37. The molecule has 0 amide bonds. The molecule has 0 saturated heterocycles. The van der Waals surface area contributed by atoms with E-state index in [1.807, 2.05) is 0 Å². The molecule has 0 bridgehead atoms. The second-order valence-electron chi connectivity index (χ2n) is 1.49. The second-order valence-corrected chi connectivity index (χ2v) is 1.92. The molecule has 1 rings (SSSR count). The largest absolute Gasteiger partial charge is 0.479 e.